The molecule has 2 aromatic heterocycles. The fourth-order valence-corrected chi connectivity index (χ4v) is 4.81. The monoisotopic (exact) mass is 538 g/mol. The molecule has 2 aliphatic rings. The molecule has 0 bridgehead atoms. The Morgan fingerprint density at radius 2 is 2.06 bits per heavy atom. The van der Waals surface area contributed by atoms with Crippen molar-refractivity contribution in [3.8, 4) is 0 Å². The van der Waals surface area contributed by atoms with Crippen LogP contribution in [-0.4, -0.2) is 56.8 Å². The minimum atomic E-state index is -0.538. The average molecular weight is 539 g/mol. The number of imidazole rings is 1. The number of carbonyl (C=O) groups excluding carboxylic acids is 1. The summed E-state index contributed by atoms with van der Waals surface area (Å²) in [4.78, 5) is 24.7. The van der Waals surface area contributed by atoms with E-state index in [0.29, 0.717) is 5.56 Å². The Labute approximate surface area is 214 Å². The number of nitrogens with zero attached hydrogens (tertiary/aromatic N) is 4. The van der Waals surface area contributed by atoms with Crippen LogP contribution >= 0.6 is 15.9 Å². The van der Waals surface area contributed by atoms with Gasteiger partial charge in [-0.25, -0.2) is 14.8 Å². The SMILES string of the molecule is CC(C)(C)OC(=O)c1ccc2nc(CN3CC=C(c4cccc(Br)n4)CC3)n(C[C@@H]3CCO3)c2c1. The summed E-state index contributed by atoms with van der Waals surface area (Å²) in [5.41, 5.74) is 4.15. The molecule has 5 rings (SSSR count). The van der Waals surface area contributed by atoms with Crippen molar-refractivity contribution in [1.29, 1.82) is 0 Å². The molecule has 0 radical (unpaired) electrons. The number of ether oxygens (including phenoxy) is 2. The molecule has 8 heteroatoms. The van der Waals surface area contributed by atoms with Gasteiger partial charge in [0.1, 0.15) is 16.0 Å². The Morgan fingerprint density at radius 1 is 1.23 bits per heavy atom. The fourth-order valence-electron chi connectivity index (χ4n) is 4.47. The maximum absolute atomic E-state index is 12.7. The second-order valence-electron chi connectivity index (χ2n) is 10.2. The quantitative estimate of drug-likeness (QED) is 0.316. The van der Waals surface area contributed by atoms with Gasteiger partial charge in [-0.1, -0.05) is 12.1 Å². The summed E-state index contributed by atoms with van der Waals surface area (Å²) in [6, 6.07) is 11.7. The predicted octanol–water partition coefficient (Wildman–Crippen LogP) is 5.23. The van der Waals surface area contributed by atoms with E-state index in [1.807, 2.05) is 45.0 Å². The number of rotatable bonds is 6. The number of carbonyl (C=O) groups is 1. The molecule has 3 aromatic rings. The lowest BCUT2D eigenvalue weighted by Gasteiger charge is -2.29. The van der Waals surface area contributed by atoms with Gasteiger partial charge in [0.25, 0.3) is 0 Å². The van der Waals surface area contributed by atoms with Gasteiger partial charge >= 0.3 is 5.97 Å². The van der Waals surface area contributed by atoms with Crippen LogP contribution in [0.3, 0.4) is 0 Å². The van der Waals surface area contributed by atoms with Crippen LogP contribution in [0.2, 0.25) is 0 Å². The van der Waals surface area contributed by atoms with Gasteiger partial charge in [-0.3, -0.25) is 4.90 Å². The molecule has 0 amide bonds. The zero-order valence-corrected chi connectivity index (χ0v) is 22.0. The standard InChI is InChI=1S/C27H31BrN4O3/c1-27(2,3)35-26(33)19-7-8-22-23(15-19)32(16-20-11-14-34-20)25(30-22)17-31-12-9-18(10-13-31)21-5-4-6-24(28)29-21/h4-9,15,20H,10-14,16-17H2,1-3H3/t20-/m0/s1. The largest absolute Gasteiger partial charge is 0.456 e. The smallest absolute Gasteiger partial charge is 0.338 e. The summed E-state index contributed by atoms with van der Waals surface area (Å²) in [6.45, 7) is 9.70. The highest BCUT2D eigenvalue weighted by Crippen LogP contribution is 2.26. The number of pyridine rings is 1. The van der Waals surface area contributed by atoms with Gasteiger partial charge in [0.2, 0.25) is 0 Å². The van der Waals surface area contributed by atoms with Crippen molar-refractivity contribution in [2.24, 2.45) is 0 Å². The molecule has 0 aliphatic carbocycles. The highest BCUT2D eigenvalue weighted by Gasteiger charge is 2.25. The number of aromatic nitrogens is 3. The average Bonchev–Trinajstić information content (AvgIpc) is 3.11. The van der Waals surface area contributed by atoms with E-state index in [0.717, 1.165) is 72.8 Å². The molecular formula is C27H31BrN4O3. The molecule has 1 saturated heterocycles. The lowest BCUT2D eigenvalue weighted by atomic mass is 10.0. The number of hydrogen-bond donors (Lipinski definition) is 0. The first kappa shape index (κ1) is 24.2. The molecule has 0 N–H and O–H groups in total. The summed E-state index contributed by atoms with van der Waals surface area (Å²) in [5, 5.41) is 0. The molecule has 1 aromatic carbocycles. The van der Waals surface area contributed by atoms with E-state index in [4.69, 9.17) is 14.5 Å². The summed E-state index contributed by atoms with van der Waals surface area (Å²) in [6.07, 6.45) is 4.44. The highest BCUT2D eigenvalue weighted by molar-refractivity contribution is 9.10. The van der Waals surface area contributed by atoms with Gasteiger partial charge in [-0.15, -0.1) is 0 Å². The van der Waals surface area contributed by atoms with Crippen molar-refractivity contribution < 1.29 is 14.3 Å². The third kappa shape index (κ3) is 5.66. The van der Waals surface area contributed by atoms with Crippen LogP contribution in [0.4, 0.5) is 0 Å². The normalized spacial score (nSPS) is 18.9. The number of benzene rings is 1. The molecule has 7 nitrogen and oxygen atoms in total. The maximum Gasteiger partial charge on any atom is 0.338 e. The maximum atomic E-state index is 12.7. The van der Waals surface area contributed by atoms with Crippen LogP contribution in [0.25, 0.3) is 16.6 Å². The van der Waals surface area contributed by atoms with Crippen molar-refractivity contribution in [3.05, 3.63) is 64.2 Å². The first-order chi connectivity index (χ1) is 16.7. The van der Waals surface area contributed by atoms with Crippen molar-refractivity contribution in [2.45, 2.75) is 58.4 Å². The highest BCUT2D eigenvalue weighted by atomic mass is 79.9. The molecule has 184 valence electrons. The molecule has 0 saturated carbocycles. The van der Waals surface area contributed by atoms with E-state index in [2.05, 4.69) is 42.5 Å². The van der Waals surface area contributed by atoms with E-state index in [-0.39, 0.29) is 12.1 Å². The van der Waals surface area contributed by atoms with Gasteiger partial charge in [0, 0.05) is 19.7 Å². The zero-order chi connectivity index (χ0) is 24.6. The summed E-state index contributed by atoms with van der Waals surface area (Å²) >= 11 is 3.47. The number of hydrogen-bond acceptors (Lipinski definition) is 6. The van der Waals surface area contributed by atoms with Crippen molar-refractivity contribution in [3.63, 3.8) is 0 Å². The lowest BCUT2D eigenvalue weighted by Crippen LogP contribution is -2.33. The zero-order valence-electron chi connectivity index (χ0n) is 20.5. The van der Waals surface area contributed by atoms with Crippen molar-refractivity contribution in [2.75, 3.05) is 19.7 Å². The molecule has 0 spiro atoms. The van der Waals surface area contributed by atoms with E-state index in [1.54, 1.807) is 6.07 Å². The molecular weight excluding hydrogens is 508 g/mol. The summed E-state index contributed by atoms with van der Waals surface area (Å²) in [5.74, 6) is 0.678. The topological polar surface area (TPSA) is 69.5 Å². The molecule has 1 atom stereocenters. The number of fused-ring (bicyclic) bond motifs is 1. The van der Waals surface area contributed by atoms with E-state index in [9.17, 15) is 4.79 Å². The third-order valence-corrected chi connectivity index (χ3v) is 6.79. The lowest BCUT2D eigenvalue weighted by molar-refractivity contribution is -0.0591. The Kier molecular flexibility index (Phi) is 6.79. The van der Waals surface area contributed by atoms with Gasteiger partial charge in [0.15, 0.2) is 0 Å². The third-order valence-electron chi connectivity index (χ3n) is 6.34. The van der Waals surface area contributed by atoms with Gasteiger partial charge in [-0.2, -0.15) is 0 Å². The molecule has 4 heterocycles. The van der Waals surface area contributed by atoms with Crippen LogP contribution in [0.15, 0.2) is 47.1 Å². The van der Waals surface area contributed by atoms with Gasteiger partial charge in [-0.05, 0) is 85.4 Å². The van der Waals surface area contributed by atoms with E-state index < -0.39 is 5.60 Å². The second kappa shape index (κ2) is 9.84. The summed E-state index contributed by atoms with van der Waals surface area (Å²) in [7, 11) is 0. The van der Waals surface area contributed by atoms with Crippen LogP contribution in [-0.2, 0) is 22.6 Å². The minimum Gasteiger partial charge on any atom is -0.456 e. The minimum absolute atomic E-state index is 0.187. The van der Waals surface area contributed by atoms with Crippen LogP contribution in [0.5, 0.6) is 0 Å². The molecule has 35 heavy (non-hydrogen) atoms. The Bertz CT molecular complexity index is 1270. The van der Waals surface area contributed by atoms with Crippen molar-refractivity contribution in [1.82, 2.24) is 19.4 Å². The Morgan fingerprint density at radius 3 is 2.71 bits per heavy atom. The Hall–Kier alpha value is -2.55. The van der Waals surface area contributed by atoms with E-state index >= 15 is 0 Å². The number of halogens is 1. The van der Waals surface area contributed by atoms with Crippen LogP contribution < -0.4 is 0 Å². The first-order valence-electron chi connectivity index (χ1n) is 12.1. The fraction of sp³-hybridized carbons (Fsp3) is 0.444. The molecule has 2 aliphatic heterocycles. The van der Waals surface area contributed by atoms with E-state index in [1.165, 1.54) is 5.57 Å². The summed E-state index contributed by atoms with van der Waals surface area (Å²) < 4.78 is 14.4. The first-order valence-corrected chi connectivity index (χ1v) is 12.9. The predicted molar refractivity (Wildman–Crippen MR) is 139 cm³/mol. The second-order valence-corrected chi connectivity index (χ2v) is 11.0. The van der Waals surface area contributed by atoms with Crippen LogP contribution in [0, 0.1) is 0 Å². The molecule has 0 unspecified atom stereocenters. The molecule has 1 fully saturated rings. The van der Waals surface area contributed by atoms with Gasteiger partial charge < -0.3 is 14.0 Å². The van der Waals surface area contributed by atoms with Crippen LogP contribution in [0.1, 0.15) is 55.5 Å². The Balaban J connectivity index is 1.39. The van der Waals surface area contributed by atoms with Gasteiger partial charge in [0.05, 0.1) is 41.5 Å². The number of esters is 1. The van der Waals surface area contributed by atoms with Crippen molar-refractivity contribution >= 4 is 38.5 Å².